The third kappa shape index (κ3) is 4.52. The molecule has 2 aromatic rings. The molecule has 0 unspecified atom stereocenters. The molecule has 0 aliphatic carbocycles. The van der Waals surface area contributed by atoms with Crippen LogP contribution in [0.4, 0.5) is 30.2 Å². The molecule has 2 aromatic carbocycles. The van der Waals surface area contributed by atoms with E-state index >= 15 is 0 Å². The highest BCUT2D eigenvalue weighted by Crippen LogP contribution is 2.37. The zero-order valence-electron chi connectivity index (χ0n) is 13.9. The number of fused-ring (bicyclic) bond motifs is 1. The van der Waals surface area contributed by atoms with Crippen LogP contribution in [0.1, 0.15) is 6.42 Å². The Hall–Kier alpha value is -2.30. The van der Waals surface area contributed by atoms with Gasteiger partial charge in [0.1, 0.15) is 6.04 Å². The van der Waals surface area contributed by atoms with Crippen LogP contribution in [0.5, 0.6) is 0 Å². The molecule has 3 rings (SSSR count). The van der Waals surface area contributed by atoms with Gasteiger partial charge in [-0.25, -0.2) is 0 Å². The summed E-state index contributed by atoms with van der Waals surface area (Å²) in [6.07, 6.45) is -5.60. The number of carbonyl (C=O) groups is 2. The lowest BCUT2D eigenvalue weighted by Gasteiger charge is -2.31. The SMILES string of the molecule is O=C1C[C@@H](C(F)(F)F)N(C(=O)CNc2ccc(I)cc2)c2ccccc2N1. The molecule has 1 aliphatic rings. The molecule has 0 bridgehead atoms. The van der Waals surface area contributed by atoms with Crippen molar-refractivity contribution in [2.75, 3.05) is 22.1 Å². The number of anilines is 3. The number of hydrogen-bond acceptors (Lipinski definition) is 3. The summed E-state index contributed by atoms with van der Waals surface area (Å²) < 4.78 is 41.8. The van der Waals surface area contributed by atoms with Crippen LogP contribution in [-0.4, -0.2) is 30.6 Å². The molecule has 0 radical (unpaired) electrons. The van der Waals surface area contributed by atoms with Gasteiger partial charge in [0.05, 0.1) is 24.3 Å². The van der Waals surface area contributed by atoms with Crippen LogP contribution < -0.4 is 15.5 Å². The van der Waals surface area contributed by atoms with E-state index < -0.39 is 30.5 Å². The van der Waals surface area contributed by atoms with Gasteiger partial charge in [0.15, 0.2) is 0 Å². The number of carbonyl (C=O) groups excluding carboxylic acids is 2. The summed E-state index contributed by atoms with van der Waals surface area (Å²) in [5.74, 6) is -1.56. The van der Waals surface area contributed by atoms with E-state index in [1.165, 1.54) is 18.2 Å². The Morgan fingerprint density at radius 2 is 1.85 bits per heavy atom. The number of nitrogens with one attached hydrogen (secondary N) is 2. The Kier molecular flexibility index (Phi) is 5.59. The van der Waals surface area contributed by atoms with Crippen LogP contribution in [-0.2, 0) is 9.59 Å². The predicted octanol–water partition coefficient (Wildman–Crippen LogP) is 4.01. The number of para-hydroxylation sites is 2. The third-order valence-corrected chi connectivity index (χ3v) is 4.78. The molecule has 1 aliphatic heterocycles. The lowest BCUT2D eigenvalue weighted by molar-refractivity contribution is -0.157. The molecule has 1 atom stereocenters. The minimum absolute atomic E-state index is 0.0279. The molecule has 27 heavy (non-hydrogen) atoms. The van der Waals surface area contributed by atoms with Gasteiger partial charge in [-0.05, 0) is 59.0 Å². The monoisotopic (exact) mass is 489 g/mol. The lowest BCUT2D eigenvalue weighted by Crippen LogP contribution is -2.51. The van der Waals surface area contributed by atoms with Gasteiger partial charge in [-0.2, -0.15) is 13.2 Å². The first-order valence-corrected chi connectivity index (χ1v) is 9.10. The molecule has 0 spiro atoms. The Morgan fingerprint density at radius 1 is 1.19 bits per heavy atom. The van der Waals surface area contributed by atoms with Gasteiger partial charge in [-0.1, -0.05) is 12.1 Å². The van der Waals surface area contributed by atoms with E-state index in [4.69, 9.17) is 0 Å². The molecular weight excluding hydrogens is 474 g/mol. The topological polar surface area (TPSA) is 61.4 Å². The van der Waals surface area contributed by atoms with E-state index in [9.17, 15) is 22.8 Å². The number of nitrogens with zero attached hydrogens (tertiary/aromatic N) is 1. The van der Waals surface area contributed by atoms with Gasteiger partial charge in [0.25, 0.3) is 0 Å². The summed E-state index contributed by atoms with van der Waals surface area (Å²) in [6.45, 7) is -0.338. The van der Waals surface area contributed by atoms with E-state index in [2.05, 4.69) is 33.2 Å². The number of hydrogen-bond donors (Lipinski definition) is 2. The molecule has 0 saturated carbocycles. The van der Waals surface area contributed by atoms with Crippen LogP contribution in [0, 0.1) is 3.57 Å². The second-order valence-corrected chi connectivity index (χ2v) is 7.20. The maximum atomic E-state index is 13.6. The van der Waals surface area contributed by atoms with E-state index in [1.807, 2.05) is 12.1 Å². The molecule has 2 N–H and O–H groups in total. The van der Waals surface area contributed by atoms with Crippen molar-refractivity contribution >= 4 is 51.5 Å². The lowest BCUT2D eigenvalue weighted by atomic mass is 10.1. The van der Waals surface area contributed by atoms with Crippen LogP contribution in [0.2, 0.25) is 0 Å². The van der Waals surface area contributed by atoms with Crippen molar-refractivity contribution in [1.29, 1.82) is 0 Å². The molecule has 2 amide bonds. The highest BCUT2D eigenvalue weighted by molar-refractivity contribution is 14.1. The van der Waals surface area contributed by atoms with Crippen molar-refractivity contribution < 1.29 is 22.8 Å². The summed E-state index contributed by atoms with van der Waals surface area (Å²) in [7, 11) is 0. The molecule has 9 heteroatoms. The first kappa shape index (κ1) is 19.5. The number of benzene rings is 2. The fourth-order valence-electron chi connectivity index (χ4n) is 2.83. The smallest absolute Gasteiger partial charge is 0.376 e. The van der Waals surface area contributed by atoms with Gasteiger partial charge in [-0.15, -0.1) is 0 Å². The molecular formula is C18H15F3IN3O2. The first-order valence-electron chi connectivity index (χ1n) is 8.03. The van der Waals surface area contributed by atoms with E-state index in [0.717, 1.165) is 3.57 Å². The quantitative estimate of drug-likeness (QED) is 0.641. The van der Waals surface area contributed by atoms with Crippen molar-refractivity contribution in [2.24, 2.45) is 0 Å². The van der Waals surface area contributed by atoms with Gasteiger partial charge in [-0.3, -0.25) is 14.5 Å². The van der Waals surface area contributed by atoms with Crippen molar-refractivity contribution in [1.82, 2.24) is 0 Å². The molecule has 5 nitrogen and oxygen atoms in total. The zero-order chi connectivity index (χ0) is 19.6. The minimum Gasteiger partial charge on any atom is -0.376 e. The molecule has 0 aromatic heterocycles. The van der Waals surface area contributed by atoms with Gasteiger partial charge in [0, 0.05) is 9.26 Å². The second-order valence-electron chi connectivity index (χ2n) is 5.95. The number of amides is 2. The van der Waals surface area contributed by atoms with Crippen LogP contribution >= 0.6 is 22.6 Å². The number of halogens is 4. The zero-order valence-corrected chi connectivity index (χ0v) is 16.0. The third-order valence-electron chi connectivity index (χ3n) is 4.06. The fourth-order valence-corrected chi connectivity index (χ4v) is 3.19. The first-order chi connectivity index (χ1) is 12.8. The Morgan fingerprint density at radius 3 is 2.52 bits per heavy atom. The maximum Gasteiger partial charge on any atom is 0.409 e. The maximum absolute atomic E-state index is 13.6. The van der Waals surface area contributed by atoms with E-state index in [0.29, 0.717) is 10.6 Å². The predicted molar refractivity (Wildman–Crippen MR) is 105 cm³/mol. The number of alkyl halides is 3. The Bertz CT molecular complexity index is 856. The van der Waals surface area contributed by atoms with Crippen LogP contribution in [0.15, 0.2) is 48.5 Å². The van der Waals surface area contributed by atoms with E-state index in [1.54, 1.807) is 18.2 Å². The average molecular weight is 489 g/mol. The van der Waals surface area contributed by atoms with Crippen molar-refractivity contribution in [2.45, 2.75) is 18.6 Å². The van der Waals surface area contributed by atoms with Crippen LogP contribution in [0.3, 0.4) is 0 Å². The summed E-state index contributed by atoms with van der Waals surface area (Å²) >= 11 is 2.12. The molecule has 0 saturated heterocycles. The highest BCUT2D eigenvalue weighted by atomic mass is 127. The summed E-state index contributed by atoms with van der Waals surface area (Å²) in [5.41, 5.74) is 0.821. The molecule has 0 fully saturated rings. The standard InChI is InChI=1S/C18H15F3IN3O2/c19-18(20,21)15-9-16(26)24-13-3-1-2-4-14(13)25(15)17(27)10-23-12-7-5-11(22)6-8-12/h1-8,15,23H,9-10H2,(H,24,26)/t15-/m0/s1. The van der Waals surface area contributed by atoms with E-state index in [-0.39, 0.29) is 17.9 Å². The largest absolute Gasteiger partial charge is 0.409 e. The summed E-state index contributed by atoms with van der Waals surface area (Å²) in [5, 5.41) is 5.27. The average Bonchev–Trinajstić information content (AvgIpc) is 2.76. The van der Waals surface area contributed by atoms with Gasteiger partial charge >= 0.3 is 6.18 Å². The van der Waals surface area contributed by atoms with Gasteiger partial charge in [0.2, 0.25) is 11.8 Å². The minimum atomic E-state index is -4.74. The molecule has 1 heterocycles. The summed E-state index contributed by atoms with van der Waals surface area (Å²) in [4.78, 5) is 25.3. The second kappa shape index (κ2) is 7.75. The van der Waals surface area contributed by atoms with Crippen molar-refractivity contribution in [3.8, 4) is 0 Å². The Balaban J connectivity index is 1.91. The summed E-state index contributed by atoms with van der Waals surface area (Å²) in [6, 6.07) is 10.8. The highest BCUT2D eigenvalue weighted by Gasteiger charge is 2.48. The Labute approximate surface area is 167 Å². The molecule has 142 valence electrons. The normalized spacial score (nSPS) is 17.0. The van der Waals surface area contributed by atoms with Crippen molar-refractivity contribution in [3.63, 3.8) is 0 Å². The fraction of sp³-hybridized carbons (Fsp3) is 0.222. The van der Waals surface area contributed by atoms with Crippen molar-refractivity contribution in [3.05, 3.63) is 52.1 Å². The number of rotatable bonds is 3. The van der Waals surface area contributed by atoms with Gasteiger partial charge < -0.3 is 10.6 Å². The van der Waals surface area contributed by atoms with Crippen LogP contribution in [0.25, 0.3) is 0 Å².